The molecule has 0 saturated carbocycles. The lowest BCUT2D eigenvalue weighted by Crippen LogP contribution is -2.24. The van der Waals surface area contributed by atoms with Crippen molar-refractivity contribution >= 4 is 5.91 Å². The van der Waals surface area contributed by atoms with E-state index in [2.05, 4.69) is 5.48 Å². The van der Waals surface area contributed by atoms with Gasteiger partial charge in [0.2, 0.25) is 12.7 Å². The van der Waals surface area contributed by atoms with Crippen LogP contribution in [-0.2, 0) is 16.2 Å². The van der Waals surface area contributed by atoms with E-state index in [4.69, 9.17) is 20.0 Å². The molecule has 0 radical (unpaired) electrons. The number of benzene rings is 1. The first-order valence-corrected chi connectivity index (χ1v) is 4.78. The maximum atomic E-state index is 10.4. The molecule has 0 bridgehead atoms. The van der Waals surface area contributed by atoms with Gasteiger partial charge in [0, 0.05) is 12.1 Å². The molecule has 1 aliphatic heterocycles. The van der Waals surface area contributed by atoms with E-state index < -0.39 is 5.91 Å². The molecule has 0 saturated heterocycles. The second-order valence-corrected chi connectivity index (χ2v) is 3.23. The maximum Gasteiger partial charge on any atom is 0.245 e. The van der Waals surface area contributed by atoms with Crippen LogP contribution in [0.4, 0.5) is 0 Å². The van der Waals surface area contributed by atoms with Crippen molar-refractivity contribution in [2.24, 2.45) is 5.73 Å². The first-order valence-electron chi connectivity index (χ1n) is 4.78. The second kappa shape index (κ2) is 4.82. The fourth-order valence-electron chi connectivity index (χ4n) is 1.38. The summed E-state index contributed by atoms with van der Waals surface area (Å²) in [6.45, 7) is 0.487. The van der Waals surface area contributed by atoms with Crippen LogP contribution in [0.5, 0.6) is 11.5 Å². The minimum absolute atomic E-state index is 0.160. The van der Waals surface area contributed by atoms with Gasteiger partial charge in [-0.15, -0.1) is 0 Å². The van der Waals surface area contributed by atoms with Crippen LogP contribution in [0, 0.1) is 0 Å². The molecular formula is C10H12N2O4. The Morgan fingerprint density at radius 1 is 1.50 bits per heavy atom. The van der Waals surface area contributed by atoms with Crippen molar-refractivity contribution in [1.29, 1.82) is 0 Å². The van der Waals surface area contributed by atoms with Crippen molar-refractivity contribution in [3.63, 3.8) is 0 Å². The van der Waals surface area contributed by atoms with E-state index in [1.54, 1.807) is 0 Å². The van der Waals surface area contributed by atoms with Gasteiger partial charge in [0.1, 0.15) is 6.61 Å². The Kier molecular flexibility index (Phi) is 3.23. The van der Waals surface area contributed by atoms with Gasteiger partial charge in [-0.2, -0.15) is 5.48 Å². The number of carbonyl (C=O) groups is 1. The molecule has 0 fully saturated rings. The van der Waals surface area contributed by atoms with E-state index in [9.17, 15) is 4.79 Å². The summed E-state index contributed by atoms with van der Waals surface area (Å²) >= 11 is 0. The monoisotopic (exact) mass is 224 g/mol. The topological polar surface area (TPSA) is 82.8 Å². The molecule has 0 spiro atoms. The number of hydrogen-bond acceptors (Lipinski definition) is 5. The fourth-order valence-corrected chi connectivity index (χ4v) is 1.38. The van der Waals surface area contributed by atoms with Crippen LogP contribution in [-0.4, -0.2) is 19.3 Å². The Bertz CT molecular complexity index is 394. The van der Waals surface area contributed by atoms with E-state index >= 15 is 0 Å². The number of fused-ring (bicyclic) bond motifs is 1. The number of para-hydroxylation sites is 1. The van der Waals surface area contributed by atoms with Crippen LogP contribution >= 0.6 is 0 Å². The van der Waals surface area contributed by atoms with Crippen molar-refractivity contribution in [2.75, 3.05) is 13.4 Å². The lowest BCUT2D eigenvalue weighted by molar-refractivity contribution is -0.125. The van der Waals surface area contributed by atoms with E-state index in [1.165, 1.54) is 0 Å². The van der Waals surface area contributed by atoms with Crippen molar-refractivity contribution in [1.82, 2.24) is 5.48 Å². The third kappa shape index (κ3) is 2.41. The van der Waals surface area contributed by atoms with Gasteiger partial charge in [0.25, 0.3) is 0 Å². The summed E-state index contributed by atoms with van der Waals surface area (Å²) in [5.74, 6) is 0.900. The highest BCUT2D eigenvalue weighted by molar-refractivity contribution is 5.74. The SMILES string of the molecule is NC(=O)CONCc1cccc2c1OCO2. The van der Waals surface area contributed by atoms with Crippen molar-refractivity contribution in [2.45, 2.75) is 6.54 Å². The number of amides is 1. The third-order valence-electron chi connectivity index (χ3n) is 2.06. The van der Waals surface area contributed by atoms with Crippen molar-refractivity contribution in [3.8, 4) is 11.5 Å². The summed E-state index contributed by atoms with van der Waals surface area (Å²) in [5.41, 5.74) is 8.44. The Hall–Kier alpha value is -1.79. The first kappa shape index (κ1) is 10.7. The average Bonchev–Trinajstić information content (AvgIpc) is 2.72. The number of rotatable bonds is 5. The molecule has 3 N–H and O–H groups in total. The maximum absolute atomic E-state index is 10.4. The highest BCUT2D eigenvalue weighted by Gasteiger charge is 2.16. The molecule has 0 unspecified atom stereocenters. The molecule has 1 aromatic rings. The molecule has 1 aromatic carbocycles. The van der Waals surface area contributed by atoms with Gasteiger partial charge in [-0.25, -0.2) is 0 Å². The van der Waals surface area contributed by atoms with Crippen LogP contribution in [0.2, 0.25) is 0 Å². The Morgan fingerprint density at radius 3 is 3.19 bits per heavy atom. The van der Waals surface area contributed by atoms with E-state index in [0.29, 0.717) is 18.0 Å². The van der Waals surface area contributed by atoms with Crippen LogP contribution in [0.15, 0.2) is 18.2 Å². The van der Waals surface area contributed by atoms with Crippen LogP contribution < -0.4 is 20.7 Å². The highest BCUT2D eigenvalue weighted by Crippen LogP contribution is 2.35. The van der Waals surface area contributed by atoms with Crippen molar-refractivity contribution in [3.05, 3.63) is 23.8 Å². The number of primary amides is 1. The molecular weight excluding hydrogens is 212 g/mol. The summed E-state index contributed by atoms with van der Waals surface area (Å²) in [6, 6.07) is 5.57. The zero-order chi connectivity index (χ0) is 11.4. The van der Waals surface area contributed by atoms with Gasteiger partial charge in [-0.05, 0) is 6.07 Å². The number of ether oxygens (including phenoxy) is 2. The minimum Gasteiger partial charge on any atom is -0.454 e. The number of nitrogens with one attached hydrogen (secondary N) is 1. The third-order valence-corrected chi connectivity index (χ3v) is 2.06. The van der Waals surface area contributed by atoms with Gasteiger partial charge in [-0.3, -0.25) is 9.63 Å². The lowest BCUT2D eigenvalue weighted by atomic mass is 10.2. The zero-order valence-electron chi connectivity index (χ0n) is 8.56. The summed E-state index contributed by atoms with van der Waals surface area (Å²) < 4.78 is 10.5. The number of hydroxylamine groups is 1. The lowest BCUT2D eigenvalue weighted by Gasteiger charge is -2.06. The van der Waals surface area contributed by atoms with E-state index in [1.807, 2.05) is 18.2 Å². The molecule has 2 rings (SSSR count). The quantitative estimate of drug-likeness (QED) is 0.540. The van der Waals surface area contributed by atoms with Gasteiger partial charge in [-0.1, -0.05) is 12.1 Å². The Labute approximate surface area is 92.2 Å². The van der Waals surface area contributed by atoms with Crippen LogP contribution in [0.25, 0.3) is 0 Å². The molecule has 0 aliphatic carbocycles. The second-order valence-electron chi connectivity index (χ2n) is 3.23. The van der Waals surface area contributed by atoms with Crippen molar-refractivity contribution < 1.29 is 19.1 Å². The highest BCUT2D eigenvalue weighted by atomic mass is 16.7. The van der Waals surface area contributed by atoms with Gasteiger partial charge in [0.05, 0.1) is 0 Å². The fraction of sp³-hybridized carbons (Fsp3) is 0.300. The largest absolute Gasteiger partial charge is 0.454 e. The molecule has 1 amide bonds. The van der Waals surface area contributed by atoms with Crippen LogP contribution in [0.3, 0.4) is 0 Å². The van der Waals surface area contributed by atoms with Crippen LogP contribution in [0.1, 0.15) is 5.56 Å². The molecule has 1 aliphatic rings. The summed E-state index contributed by atoms with van der Waals surface area (Å²) in [6.07, 6.45) is 0. The molecule has 1 heterocycles. The summed E-state index contributed by atoms with van der Waals surface area (Å²) in [4.78, 5) is 15.2. The number of nitrogens with two attached hydrogens (primary N) is 1. The molecule has 6 nitrogen and oxygen atoms in total. The summed E-state index contributed by atoms with van der Waals surface area (Å²) in [5, 5.41) is 0. The predicted molar refractivity (Wildman–Crippen MR) is 54.6 cm³/mol. The number of carbonyl (C=O) groups excluding carboxylic acids is 1. The Morgan fingerprint density at radius 2 is 2.38 bits per heavy atom. The Balaban J connectivity index is 1.90. The average molecular weight is 224 g/mol. The molecule has 16 heavy (non-hydrogen) atoms. The van der Waals surface area contributed by atoms with Gasteiger partial charge in [0.15, 0.2) is 11.5 Å². The zero-order valence-corrected chi connectivity index (χ0v) is 8.56. The molecule has 86 valence electrons. The molecule has 6 heteroatoms. The smallest absolute Gasteiger partial charge is 0.245 e. The predicted octanol–water partition coefficient (Wildman–Crippen LogP) is -0.0782. The summed E-state index contributed by atoms with van der Waals surface area (Å²) in [7, 11) is 0. The van der Waals surface area contributed by atoms with Gasteiger partial charge >= 0.3 is 0 Å². The minimum atomic E-state index is -0.523. The van der Waals surface area contributed by atoms with E-state index in [-0.39, 0.29) is 13.4 Å². The van der Waals surface area contributed by atoms with E-state index in [0.717, 1.165) is 5.56 Å². The molecule has 0 atom stereocenters. The standard InChI is InChI=1S/C10H12N2O4/c11-9(13)5-16-12-4-7-2-1-3-8-10(7)15-6-14-8/h1-3,12H,4-6H2,(H2,11,13). The normalized spacial score (nSPS) is 12.8. The number of hydrogen-bond donors (Lipinski definition) is 2. The molecule has 0 aromatic heterocycles. The van der Waals surface area contributed by atoms with Gasteiger partial charge < -0.3 is 15.2 Å². The first-order chi connectivity index (χ1) is 7.77.